The molecule has 0 aliphatic rings. The van der Waals surface area contributed by atoms with Crippen LogP contribution in [0.2, 0.25) is 0 Å². The Bertz CT molecular complexity index is 1290. The number of rotatable bonds is 3. The van der Waals surface area contributed by atoms with Crippen LogP contribution in [0.15, 0.2) is 67.0 Å². The molecule has 0 atom stereocenters. The van der Waals surface area contributed by atoms with Crippen molar-refractivity contribution < 1.29 is 9.18 Å². The molecule has 5 nitrogen and oxygen atoms in total. The highest BCUT2D eigenvalue weighted by Gasteiger charge is 2.12. The highest BCUT2D eigenvalue weighted by molar-refractivity contribution is 6.06. The number of hydrogen-bond acceptors (Lipinski definition) is 4. The summed E-state index contributed by atoms with van der Waals surface area (Å²) in [6, 6.07) is 16.8. The number of pyridine rings is 2. The molecule has 29 heavy (non-hydrogen) atoms. The second kappa shape index (κ2) is 7.49. The summed E-state index contributed by atoms with van der Waals surface area (Å²) < 4.78 is 14.0. The van der Waals surface area contributed by atoms with Gasteiger partial charge in [-0.3, -0.25) is 9.78 Å². The first-order valence-electron chi connectivity index (χ1n) is 8.88. The van der Waals surface area contributed by atoms with Gasteiger partial charge in [0.15, 0.2) is 0 Å². The Hall–Kier alpha value is -4.11. The molecule has 0 saturated heterocycles. The van der Waals surface area contributed by atoms with Gasteiger partial charge in [-0.15, -0.1) is 0 Å². The van der Waals surface area contributed by atoms with Gasteiger partial charge in [-0.25, -0.2) is 9.37 Å². The van der Waals surface area contributed by atoms with E-state index in [0.29, 0.717) is 22.6 Å². The molecule has 2 aromatic heterocycles. The molecule has 0 unspecified atom stereocenters. The molecule has 1 N–H and O–H groups in total. The first-order chi connectivity index (χ1) is 14.0. The molecule has 0 radical (unpaired) electrons. The van der Waals surface area contributed by atoms with Gasteiger partial charge in [-0.2, -0.15) is 5.26 Å². The molecule has 1 amide bonds. The van der Waals surface area contributed by atoms with E-state index in [1.807, 2.05) is 19.1 Å². The molecule has 4 aromatic rings. The highest BCUT2D eigenvalue weighted by Crippen LogP contribution is 2.25. The number of fused-ring (bicyclic) bond motifs is 1. The summed E-state index contributed by atoms with van der Waals surface area (Å²) in [5.74, 6) is -0.543. The lowest BCUT2D eigenvalue weighted by Gasteiger charge is -2.10. The molecular formula is C23H15FN4O. The molecule has 0 bridgehead atoms. The number of benzene rings is 2. The number of nitriles is 1. The number of hydrogen-bond donors (Lipinski definition) is 1. The fourth-order valence-electron chi connectivity index (χ4n) is 3.06. The van der Waals surface area contributed by atoms with E-state index in [2.05, 4.69) is 15.3 Å². The Morgan fingerprint density at radius 3 is 2.72 bits per heavy atom. The lowest BCUT2D eigenvalue weighted by molar-refractivity contribution is 0.102. The SMILES string of the molecule is Cc1ccc(NC(=O)c2ccc3cnccc3c2)nc1-c1ccc(C#N)c(F)c1. The summed E-state index contributed by atoms with van der Waals surface area (Å²) in [4.78, 5) is 21.2. The predicted octanol–water partition coefficient (Wildman–Crippen LogP) is 4.87. The van der Waals surface area contributed by atoms with Crippen LogP contribution in [0.1, 0.15) is 21.5 Å². The number of aromatic nitrogens is 2. The lowest BCUT2D eigenvalue weighted by atomic mass is 10.0. The lowest BCUT2D eigenvalue weighted by Crippen LogP contribution is -2.13. The van der Waals surface area contributed by atoms with Crippen molar-refractivity contribution in [3.63, 3.8) is 0 Å². The summed E-state index contributed by atoms with van der Waals surface area (Å²) in [5, 5.41) is 13.5. The average molecular weight is 382 g/mol. The molecule has 2 heterocycles. The summed E-state index contributed by atoms with van der Waals surface area (Å²) >= 11 is 0. The van der Waals surface area contributed by atoms with Crippen LogP contribution in [0.3, 0.4) is 0 Å². The summed E-state index contributed by atoms with van der Waals surface area (Å²) in [6.07, 6.45) is 3.41. The van der Waals surface area contributed by atoms with Gasteiger partial charge in [0.1, 0.15) is 17.7 Å². The van der Waals surface area contributed by atoms with Gasteiger partial charge in [-0.05, 0) is 54.3 Å². The van der Waals surface area contributed by atoms with Crippen LogP contribution in [0.4, 0.5) is 10.2 Å². The van der Waals surface area contributed by atoms with Crippen LogP contribution < -0.4 is 5.32 Å². The predicted molar refractivity (Wildman–Crippen MR) is 109 cm³/mol. The number of carbonyl (C=O) groups excluding carboxylic acids is 1. The van der Waals surface area contributed by atoms with Crippen molar-refractivity contribution >= 4 is 22.5 Å². The Labute approximate surface area is 166 Å². The van der Waals surface area contributed by atoms with Crippen molar-refractivity contribution in [2.24, 2.45) is 0 Å². The molecule has 0 aliphatic carbocycles. The third kappa shape index (κ3) is 3.66. The van der Waals surface area contributed by atoms with Gasteiger partial charge in [0.2, 0.25) is 0 Å². The fraction of sp³-hybridized carbons (Fsp3) is 0.0435. The zero-order valence-electron chi connectivity index (χ0n) is 15.5. The maximum absolute atomic E-state index is 14.0. The fourth-order valence-corrected chi connectivity index (χ4v) is 3.06. The average Bonchev–Trinajstić information content (AvgIpc) is 2.74. The molecule has 0 spiro atoms. The zero-order chi connectivity index (χ0) is 20.4. The van der Waals surface area contributed by atoms with Crippen molar-refractivity contribution in [3.05, 3.63) is 89.5 Å². The number of nitrogens with one attached hydrogen (secondary N) is 1. The molecule has 2 aromatic carbocycles. The monoisotopic (exact) mass is 382 g/mol. The van der Waals surface area contributed by atoms with E-state index in [4.69, 9.17) is 5.26 Å². The van der Waals surface area contributed by atoms with E-state index >= 15 is 0 Å². The van der Waals surface area contributed by atoms with Crippen molar-refractivity contribution in [1.82, 2.24) is 9.97 Å². The first-order valence-corrected chi connectivity index (χ1v) is 8.88. The van der Waals surface area contributed by atoms with Crippen molar-refractivity contribution in [2.45, 2.75) is 6.92 Å². The van der Waals surface area contributed by atoms with Crippen LogP contribution in [-0.2, 0) is 0 Å². The second-order valence-electron chi connectivity index (χ2n) is 6.56. The van der Waals surface area contributed by atoms with Gasteiger partial charge in [0.05, 0.1) is 11.3 Å². The van der Waals surface area contributed by atoms with E-state index in [1.54, 1.807) is 48.8 Å². The van der Waals surface area contributed by atoms with Gasteiger partial charge < -0.3 is 5.32 Å². The van der Waals surface area contributed by atoms with Gasteiger partial charge in [0, 0.05) is 28.9 Å². The normalized spacial score (nSPS) is 10.5. The number of anilines is 1. The quantitative estimate of drug-likeness (QED) is 0.548. The molecular weight excluding hydrogens is 367 g/mol. The van der Waals surface area contributed by atoms with Crippen LogP contribution in [0, 0.1) is 24.1 Å². The van der Waals surface area contributed by atoms with Gasteiger partial charge in [0.25, 0.3) is 5.91 Å². The first kappa shape index (κ1) is 18.3. The van der Waals surface area contributed by atoms with E-state index in [9.17, 15) is 9.18 Å². The third-order valence-corrected chi connectivity index (χ3v) is 4.60. The minimum atomic E-state index is -0.605. The van der Waals surface area contributed by atoms with E-state index in [0.717, 1.165) is 16.3 Å². The standard InChI is InChI=1S/C23H15FN4O/c1-14-2-7-21(27-22(14)16-3-5-18(12-25)20(24)11-16)28-23(29)17-4-6-19-13-26-9-8-15(19)10-17/h2-11,13H,1H3,(H,27,28,29). The van der Waals surface area contributed by atoms with Crippen molar-refractivity contribution in [1.29, 1.82) is 5.26 Å². The van der Waals surface area contributed by atoms with E-state index in [1.165, 1.54) is 12.1 Å². The van der Waals surface area contributed by atoms with E-state index in [-0.39, 0.29) is 11.5 Å². The number of carbonyl (C=O) groups is 1. The smallest absolute Gasteiger partial charge is 0.256 e. The molecule has 140 valence electrons. The Balaban J connectivity index is 1.64. The minimum Gasteiger partial charge on any atom is -0.307 e. The summed E-state index contributed by atoms with van der Waals surface area (Å²) in [6.45, 7) is 1.85. The molecule has 6 heteroatoms. The van der Waals surface area contributed by atoms with Gasteiger partial charge in [-0.1, -0.05) is 18.2 Å². The summed E-state index contributed by atoms with van der Waals surface area (Å²) in [5.41, 5.74) is 2.37. The largest absolute Gasteiger partial charge is 0.307 e. The molecule has 0 fully saturated rings. The zero-order valence-corrected chi connectivity index (χ0v) is 15.5. The Kier molecular flexibility index (Phi) is 4.71. The second-order valence-corrected chi connectivity index (χ2v) is 6.56. The number of halogens is 1. The molecule has 4 rings (SSSR count). The van der Waals surface area contributed by atoms with Crippen molar-refractivity contribution in [2.75, 3.05) is 5.32 Å². The van der Waals surface area contributed by atoms with Crippen molar-refractivity contribution in [3.8, 4) is 17.3 Å². The van der Waals surface area contributed by atoms with E-state index < -0.39 is 5.82 Å². The molecule has 0 aliphatic heterocycles. The van der Waals surface area contributed by atoms with Crippen LogP contribution in [0.5, 0.6) is 0 Å². The minimum absolute atomic E-state index is 0.0256. The number of nitrogens with zero attached hydrogens (tertiary/aromatic N) is 3. The number of amides is 1. The van der Waals surface area contributed by atoms with Gasteiger partial charge >= 0.3 is 0 Å². The topological polar surface area (TPSA) is 78.7 Å². The highest BCUT2D eigenvalue weighted by atomic mass is 19.1. The van der Waals surface area contributed by atoms with Crippen LogP contribution in [-0.4, -0.2) is 15.9 Å². The number of aryl methyl sites for hydroxylation is 1. The van der Waals surface area contributed by atoms with Crippen LogP contribution >= 0.6 is 0 Å². The Morgan fingerprint density at radius 2 is 1.93 bits per heavy atom. The van der Waals surface area contributed by atoms with Crippen LogP contribution in [0.25, 0.3) is 22.0 Å². The molecule has 0 saturated carbocycles. The summed E-state index contributed by atoms with van der Waals surface area (Å²) in [7, 11) is 0. The third-order valence-electron chi connectivity index (χ3n) is 4.60. The Morgan fingerprint density at radius 1 is 1.07 bits per heavy atom. The maximum atomic E-state index is 14.0. The maximum Gasteiger partial charge on any atom is 0.256 e.